The molecule has 1 rings (SSSR count). The number of nitrogens with one attached hydrogen (secondary N) is 1. The van der Waals surface area contributed by atoms with Gasteiger partial charge < -0.3 is 27.6 Å². The third-order valence-electron chi connectivity index (χ3n) is 3.29. The summed E-state index contributed by atoms with van der Waals surface area (Å²) in [5, 5.41) is 11.5. The van der Waals surface area contributed by atoms with E-state index in [9.17, 15) is 9.59 Å². The zero-order valence-electron chi connectivity index (χ0n) is 13.2. The van der Waals surface area contributed by atoms with Gasteiger partial charge in [-0.15, -0.1) is 0 Å². The molecule has 1 aromatic carbocycles. The molecule has 0 aromatic heterocycles. The number of benzene rings is 1. The van der Waals surface area contributed by atoms with Crippen molar-refractivity contribution in [3.63, 3.8) is 0 Å². The molecule has 0 aliphatic heterocycles. The van der Waals surface area contributed by atoms with E-state index in [-0.39, 0.29) is 11.9 Å². The molecule has 0 heterocycles. The normalized spacial score (nSPS) is 11.6. The lowest BCUT2D eigenvalue weighted by Crippen LogP contribution is -2.30. The van der Waals surface area contributed by atoms with Gasteiger partial charge >= 0.3 is 5.97 Å². The monoisotopic (exact) mass is 451 g/mol. The summed E-state index contributed by atoms with van der Waals surface area (Å²) in [6, 6.07) is 4.46. The maximum Gasteiger partial charge on any atom is 0.320 e. The Balaban J connectivity index is 2.44. The predicted molar refractivity (Wildman–Crippen MR) is 100 cm³/mol. The van der Waals surface area contributed by atoms with Crippen molar-refractivity contribution in [2.45, 2.75) is 31.8 Å². The van der Waals surface area contributed by atoms with Crippen molar-refractivity contribution in [1.29, 1.82) is 0 Å². The molecule has 1 atom stereocenters. The highest BCUT2D eigenvalue weighted by Crippen LogP contribution is 2.15. The van der Waals surface area contributed by atoms with E-state index >= 15 is 0 Å². The van der Waals surface area contributed by atoms with Gasteiger partial charge in [-0.25, -0.2) is 4.99 Å². The fourth-order valence-electron chi connectivity index (χ4n) is 1.91. The van der Waals surface area contributed by atoms with Crippen molar-refractivity contribution in [3.05, 3.63) is 32.9 Å². The Morgan fingerprint density at radius 2 is 2.00 bits per heavy atom. The fourth-order valence-corrected chi connectivity index (χ4v) is 2.60. The van der Waals surface area contributed by atoms with Crippen LogP contribution in [0.15, 0.2) is 23.2 Å². The Hall–Kier alpha value is -1.88. The van der Waals surface area contributed by atoms with Crippen molar-refractivity contribution in [2.24, 2.45) is 22.2 Å². The molecule has 0 saturated carbocycles. The van der Waals surface area contributed by atoms with Crippen LogP contribution >= 0.6 is 22.6 Å². The van der Waals surface area contributed by atoms with E-state index in [4.69, 9.17) is 22.3 Å². The van der Waals surface area contributed by atoms with Crippen LogP contribution in [0.25, 0.3) is 0 Å². The summed E-state index contributed by atoms with van der Waals surface area (Å²) in [6.07, 6.45) is 1.71. The predicted octanol–water partition coefficient (Wildman–Crippen LogP) is 0.377. The third-order valence-corrected chi connectivity index (χ3v) is 4.30. The van der Waals surface area contributed by atoms with E-state index in [1.165, 1.54) is 0 Å². The van der Waals surface area contributed by atoms with Crippen LogP contribution in [0.2, 0.25) is 0 Å². The first-order valence-corrected chi connectivity index (χ1v) is 8.49. The van der Waals surface area contributed by atoms with E-state index in [2.05, 4.69) is 32.9 Å². The highest BCUT2D eigenvalue weighted by atomic mass is 131. The summed E-state index contributed by atoms with van der Waals surface area (Å²) < 4.78 is 0.901. The van der Waals surface area contributed by atoms with E-state index < -0.39 is 12.0 Å². The Kier molecular flexibility index (Phi) is 8.47. The molecule has 1 amide bonds. The summed E-state index contributed by atoms with van der Waals surface area (Å²) in [5.74, 6) is -1.16. The van der Waals surface area contributed by atoms with Gasteiger partial charge in [-0.1, -0.05) is 6.07 Å². The second kappa shape index (κ2) is 10.1. The van der Waals surface area contributed by atoms with Crippen LogP contribution in [0.5, 0.6) is 0 Å². The first kappa shape index (κ1) is 20.2. The Morgan fingerprint density at radius 1 is 1.29 bits per heavy atom. The molecule has 0 spiro atoms. The van der Waals surface area contributed by atoms with E-state index in [0.717, 1.165) is 9.13 Å². The Morgan fingerprint density at radius 3 is 2.58 bits per heavy atom. The van der Waals surface area contributed by atoms with Gasteiger partial charge in [0.15, 0.2) is 5.96 Å². The molecule has 132 valence electrons. The number of guanidine groups is 1. The standard InChI is InChI=1S/C15H22IN5O3/c16-11-7-9(4-5-10(11)8-21-15(18)19)13(22)20-6-2-1-3-12(17)14(23)24/h4-5,7,12H,1-3,6,8,17H2,(H,20,22)(H,23,24)(H4,18,19,21)/t12-/m0/s1/i16+4. The molecule has 8 nitrogen and oxygen atoms in total. The molecule has 8 N–H and O–H groups in total. The number of carboxylic acids is 1. The van der Waals surface area contributed by atoms with Gasteiger partial charge in [0, 0.05) is 15.7 Å². The van der Waals surface area contributed by atoms with Gasteiger partial charge in [0.05, 0.1) is 6.54 Å². The lowest BCUT2D eigenvalue weighted by molar-refractivity contribution is -0.138. The number of rotatable bonds is 9. The largest absolute Gasteiger partial charge is 0.480 e. The minimum Gasteiger partial charge on any atom is -0.480 e. The van der Waals surface area contributed by atoms with Crippen molar-refractivity contribution in [3.8, 4) is 0 Å². The van der Waals surface area contributed by atoms with Gasteiger partial charge in [0.2, 0.25) is 0 Å². The van der Waals surface area contributed by atoms with Gasteiger partial charge in [0.1, 0.15) is 6.04 Å². The number of nitrogens with two attached hydrogens (primary N) is 3. The van der Waals surface area contributed by atoms with Gasteiger partial charge in [-0.3, -0.25) is 9.59 Å². The number of nitrogens with zero attached hydrogens (tertiary/aromatic N) is 1. The molecule has 24 heavy (non-hydrogen) atoms. The smallest absolute Gasteiger partial charge is 0.320 e. The van der Waals surface area contributed by atoms with Crippen molar-refractivity contribution < 1.29 is 14.7 Å². The average Bonchev–Trinajstić information content (AvgIpc) is 2.52. The molecule has 0 bridgehead atoms. The maximum atomic E-state index is 12.1. The number of halogens is 1. The number of hydrogen-bond donors (Lipinski definition) is 5. The fraction of sp³-hybridized carbons (Fsp3) is 0.400. The van der Waals surface area contributed by atoms with E-state index in [0.29, 0.717) is 37.9 Å². The number of amides is 1. The number of unbranched alkanes of at least 4 members (excludes halogenated alkanes) is 1. The maximum absolute atomic E-state index is 12.1. The van der Waals surface area contributed by atoms with Crippen LogP contribution in [-0.4, -0.2) is 35.5 Å². The van der Waals surface area contributed by atoms with Crippen LogP contribution in [0, 0.1) is 3.57 Å². The second-order valence-electron chi connectivity index (χ2n) is 5.24. The number of carbonyl (C=O) groups is 2. The van der Waals surface area contributed by atoms with Crippen LogP contribution in [0.1, 0.15) is 35.2 Å². The van der Waals surface area contributed by atoms with Crippen molar-refractivity contribution in [2.75, 3.05) is 6.54 Å². The number of hydrogen-bond acceptors (Lipinski definition) is 4. The molecule has 9 heteroatoms. The van der Waals surface area contributed by atoms with Crippen molar-refractivity contribution in [1.82, 2.24) is 5.32 Å². The SMILES string of the molecule is NC(N)=NCc1ccc(C(=O)NCCCC[C@H](N)C(=O)O)cc1[131I]. The highest BCUT2D eigenvalue weighted by molar-refractivity contribution is 14.1. The molecular weight excluding hydrogens is 429 g/mol. The van der Waals surface area contributed by atoms with Crippen molar-refractivity contribution >= 4 is 40.4 Å². The molecule has 0 radical (unpaired) electrons. The summed E-state index contributed by atoms with van der Waals surface area (Å²) in [7, 11) is 0. The van der Waals surface area contributed by atoms with Gasteiger partial charge in [-0.2, -0.15) is 0 Å². The third kappa shape index (κ3) is 7.13. The first-order chi connectivity index (χ1) is 11.3. The first-order valence-electron chi connectivity index (χ1n) is 7.41. The number of aliphatic imine (C=N–C) groups is 1. The zero-order chi connectivity index (χ0) is 18.1. The highest BCUT2D eigenvalue weighted by Gasteiger charge is 2.11. The minimum absolute atomic E-state index is 0.0234. The molecule has 1 aromatic rings. The summed E-state index contributed by atoms with van der Waals surface area (Å²) in [6.45, 7) is 0.837. The van der Waals surface area contributed by atoms with Gasteiger partial charge in [-0.05, 0) is 59.5 Å². The lowest BCUT2D eigenvalue weighted by atomic mass is 10.1. The van der Waals surface area contributed by atoms with E-state index in [1.54, 1.807) is 12.1 Å². The van der Waals surface area contributed by atoms with Crippen LogP contribution in [0.3, 0.4) is 0 Å². The zero-order valence-corrected chi connectivity index (χ0v) is 15.3. The molecule has 0 aliphatic carbocycles. The van der Waals surface area contributed by atoms with Gasteiger partial charge in [0.25, 0.3) is 5.91 Å². The van der Waals surface area contributed by atoms with Crippen LogP contribution in [-0.2, 0) is 11.3 Å². The number of carbonyl (C=O) groups excluding carboxylic acids is 1. The Bertz CT molecular complexity index is 617. The Labute approximate surface area is 154 Å². The second-order valence-corrected chi connectivity index (χ2v) is 6.41. The topological polar surface area (TPSA) is 157 Å². The van der Waals surface area contributed by atoms with E-state index in [1.807, 2.05) is 6.07 Å². The average molecular weight is 451 g/mol. The lowest BCUT2D eigenvalue weighted by Gasteiger charge is -2.09. The molecular formula is C15H22IN5O3. The molecule has 0 unspecified atom stereocenters. The summed E-state index contributed by atoms with van der Waals surface area (Å²) in [5.41, 5.74) is 17.5. The number of aliphatic carboxylic acids is 1. The van der Waals surface area contributed by atoms with Crippen LogP contribution in [0.4, 0.5) is 0 Å². The molecule has 0 aliphatic rings. The molecule has 0 saturated heterocycles. The number of carboxylic acid groups (broad SMARTS) is 1. The molecule has 0 fully saturated rings. The summed E-state index contributed by atoms with van der Waals surface area (Å²) in [4.78, 5) is 26.6. The quantitative estimate of drug-likeness (QED) is 0.158. The van der Waals surface area contributed by atoms with Crippen LogP contribution < -0.4 is 22.5 Å². The summed E-state index contributed by atoms with van der Waals surface area (Å²) >= 11 is 2.13. The minimum atomic E-state index is -1.01.